The third kappa shape index (κ3) is 3.09. The van der Waals surface area contributed by atoms with E-state index in [0.717, 1.165) is 18.4 Å². The fourth-order valence-corrected chi connectivity index (χ4v) is 2.51. The van der Waals surface area contributed by atoms with Crippen LogP contribution >= 0.6 is 0 Å². The Kier molecular flexibility index (Phi) is 5.32. The van der Waals surface area contributed by atoms with Crippen molar-refractivity contribution in [1.29, 1.82) is 0 Å². The predicted octanol–water partition coefficient (Wildman–Crippen LogP) is 3.20. The Hall–Kier alpha value is -1.38. The summed E-state index contributed by atoms with van der Waals surface area (Å²) in [5.41, 5.74) is -0.00444. The zero-order chi connectivity index (χ0) is 13.6. The van der Waals surface area contributed by atoms with Crippen LogP contribution in [-0.2, 0) is 14.3 Å². The monoisotopic (exact) mass is 250 g/mol. The van der Waals surface area contributed by atoms with E-state index < -0.39 is 5.41 Å². The number of hydrogen-bond acceptors (Lipinski definition) is 3. The summed E-state index contributed by atoms with van der Waals surface area (Å²) in [4.78, 5) is 24.5. The van der Waals surface area contributed by atoms with E-state index >= 15 is 0 Å². The summed E-state index contributed by atoms with van der Waals surface area (Å²) in [5.74, 6) is -0.401. The minimum absolute atomic E-state index is 0.0262. The van der Waals surface area contributed by atoms with Gasteiger partial charge in [0.05, 0.1) is 6.61 Å². The van der Waals surface area contributed by atoms with Crippen LogP contribution in [0.5, 0.6) is 0 Å². The van der Waals surface area contributed by atoms with E-state index in [4.69, 9.17) is 4.74 Å². The summed E-state index contributed by atoms with van der Waals surface area (Å²) in [6.07, 6.45) is 5.42. The van der Waals surface area contributed by atoms with Crippen molar-refractivity contribution in [2.75, 3.05) is 6.61 Å². The first kappa shape index (κ1) is 14.7. The number of hydrogen-bond donors (Lipinski definition) is 0. The third-order valence-corrected chi connectivity index (χ3v) is 3.46. The summed E-state index contributed by atoms with van der Waals surface area (Å²) >= 11 is 0. The van der Waals surface area contributed by atoms with Crippen molar-refractivity contribution < 1.29 is 14.3 Å². The molecule has 0 aromatic carbocycles. The standard InChI is InChI=1S/C15H22O3/c1-4-6-9-13(16)15(14(17)18-5-2)10-7-8-12(3)11-15/h4H,1,3,5-11H2,2H3. The van der Waals surface area contributed by atoms with Gasteiger partial charge < -0.3 is 4.74 Å². The zero-order valence-electron chi connectivity index (χ0n) is 11.2. The number of ketones is 1. The Balaban J connectivity index is 2.92. The molecule has 3 nitrogen and oxygen atoms in total. The average molecular weight is 250 g/mol. The Morgan fingerprint density at radius 2 is 2.22 bits per heavy atom. The van der Waals surface area contributed by atoms with Gasteiger partial charge in [-0.15, -0.1) is 6.58 Å². The van der Waals surface area contributed by atoms with Crippen LogP contribution in [0.4, 0.5) is 0 Å². The maximum atomic E-state index is 12.4. The summed E-state index contributed by atoms with van der Waals surface area (Å²) in [7, 11) is 0. The highest BCUT2D eigenvalue weighted by Crippen LogP contribution is 2.41. The van der Waals surface area contributed by atoms with E-state index in [9.17, 15) is 9.59 Å². The molecule has 1 atom stereocenters. The van der Waals surface area contributed by atoms with Gasteiger partial charge in [0.1, 0.15) is 5.41 Å². The second kappa shape index (κ2) is 6.53. The quantitative estimate of drug-likeness (QED) is 0.413. The minimum atomic E-state index is -0.978. The van der Waals surface area contributed by atoms with Crippen molar-refractivity contribution in [2.24, 2.45) is 5.41 Å². The van der Waals surface area contributed by atoms with Crippen molar-refractivity contribution in [3.63, 3.8) is 0 Å². The minimum Gasteiger partial charge on any atom is -0.465 e. The molecule has 1 rings (SSSR count). The molecule has 1 unspecified atom stereocenters. The first-order chi connectivity index (χ1) is 8.56. The average Bonchev–Trinajstić information content (AvgIpc) is 2.35. The van der Waals surface area contributed by atoms with Gasteiger partial charge in [0.2, 0.25) is 0 Å². The highest BCUT2D eigenvalue weighted by atomic mass is 16.5. The summed E-state index contributed by atoms with van der Waals surface area (Å²) < 4.78 is 5.11. The largest absolute Gasteiger partial charge is 0.465 e. The zero-order valence-corrected chi connectivity index (χ0v) is 11.2. The van der Waals surface area contributed by atoms with Crippen LogP contribution in [-0.4, -0.2) is 18.4 Å². The van der Waals surface area contributed by atoms with Crippen molar-refractivity contribution in [3.05, 3.63) is 24.8 Å². The lowest BCUT2D eigenvalue weighted by molar-refractivity contribution is -0.161. The van der Waals surface area contributed by atoms with Crippen LogP contribution in [0, 0.1) is 5.41 Å². The van der Waals surface area contributed by atoms with E-state index in [1.54, 1.807) is 13.0 Å². The molecular weight excluding hydrogens is 228 g/mol. The molecule has 0 aliphatic heterocycles. The molecule has 0 spiro atoms. The molecule has 0 heterocycles. The number of esters is 1. The van der Waals surface area contributed by atoms with E-state index in [0.29, 0.717) is 32.3 Å². The predicted molar refractivity (Wildman–Crippen MR) is 71.1 cm³/mol. The summed E-state index contributed by atoms with van der Waals surface area (Å²) in [6.45, 7) is 9.61. The van der Waals surface area contributed by atoms with Crippen LogP contribution in [0.15, 0.2) is 24.8 Å². The van der Waals surface area contributed by atoms with Gasteiger partial charge in [-0.25, -0.2) is 0 Å². The molecule has 0 aromatic rings. The fourth-order valence-electron chi connectivity index (χ4n) is 2.51. The maximum absolute atomic E-state index is 12.4. The Bertz CT molecular complexity index is 357. The molecule has 1 fully saturated rings. The van der Waals surface area contributed by atoms with Gasteiger partial charge in [0, 0.05) is 6.42 Å². The molecular formula is C15H22O3. The highest BCUT2D eigenvalue weighted by Gasteiger charge is 2.47. The molecule has 1 aliphatic carbocycles. The molecule has 3 heteroatoms. The number of ether oxygens (including phenoxy) is 1. The lowest BCUT2D eigenvalue weighted by Crippen LogP contribution is -2.42. The fraction of sp³-hybridized carbons (Fsp3) is 0.600. The molecule has 0 bridgehead atoms. The molecule has 0 radical (unpaired) electrons. The van der Waals surface area contributed by atoms with Crippen LogP contribution in [0.25, 0.3) is 0 Å². The Labute approximate surface area is 109 Å². The van der Waals surface area contributed by atoms with Gasteiger partial charge in [-0.2, -0.15) is 0 Å². The first-order valence-electron chi connectivity index (χ1n) is 6.55. The number of Topliss-reactive ketones (excluding diaryl/α,β-unsaturated/α-hetero) is 1. The van der Waals surface area contributed by atoms with Crippen LogP contribution in [0.3, 0.4) is 0 Å². The van der Waals surface area contributed by atoms with Crippen LogP contribution in [0.2, 0.25) is 0 Å². The molecule has 1 saturated carbocycles. The van der Waals surface area contributed by atoms with E-state index in [1.165, 1.54) is 0 Å². The van der Waals surface area contributed by atoms with Gasteiger partial charge in [0.15, 0.2) is 5.78 Å². The van der Waals surface area contributed by atoms with Crippen LogP contribution < -0.4 is 0 Å². The van der Waals surface area contributed by atoms with Crippen molar-refractivity contribution >= 4 is 11.8 Å². The van der Waals surface area contributed by atoms with Crippen LogP contribution in [0.1, 0.15) is 45.4 Å². The lowest BCUT2D eigenvalue weighted by atomic mass is 9.68. The molecule has 0 saturated heterocycles. The Morgan fingerprint density at radius 3 is 2.78 bits per heavy atom. The molecule has 18 heavy (non-hydrogen) atoms. The number of allylic oxidation sites excluding steroid dienone is 2. The van der Waals surface area contributed by atoms with Crippen molar-refractivity contribution in [1.82, 2.24) is 0 Å². The maximum Gasteiger partial charge on any atom is 0.319 e. The number of carbonyl (C=O) groups excluding carboxylic acids is 2. The normalized spacial score (nSPS) is 23.5. The van der Waals surface area contributed by atoms with Crippen molar-refractivity contribution in [3.8, 4) is 0 Å². The molecule has 100 valence electrons. The van der Waals surface area contributed by atoms with Gasteiger partial charge in [-0.1, -0.05) is 18.2 Å². The summed E-state index contributed by atoms with van der Waals surface area (Å²) in [5, 5.41) is 0. The molecule has 0 aromatic heterocycles. The topological polar surface area (TPSA) is 43.4 Å². The van der Waals surface area contributed by atoms with Gasteiger partial charge in [-0.05, 0) is 39.0 Å². The SMILES string of the molecule is C=CCCC(=O)C1(C(=O)OCC)CCCC(=C)C1. The second-order valence-corrected chi connectivity index (χ2v) is 4.83. The second-order valence-electron chi connectivity index (χ2n) is 4.83. The van der Waals surface area contributed by atoms with Gasteiger partial charge >= 0.3 is 5.97 Å². The van der Waals surface area contributed by atoms with Gasteiger partial charge in [0.25, 0.3) is 0 Å². The van der Waals surface area contributed by atoms with E-state index in [2.05, 4.69) is 13.2 Å². The molecule has 1 aliphatic rings. The smallest absolute Gasteiger partial charge is 0.319 e. The van der Waals surface area contributed by atoms with Crippen molar-refractivity contribution in [2.45, 2.75) is 45.4 Å². The number of rotatable bonds is 6. The first-order valence-corrected chi connectivity index (χ1v) is 6.55. The summed E-state index contributed by atoms with van der Waals surface area (Å²) in [6, 6.07) is 0. The highest BCUT2D eigenvalue weighted by molar-refractivity contribution is 6.04. The van der Waals surface area contributed by atoms with E-state index in [1.807, 2.05) is 0 Å². The Morgan fingerprint density at radius 1 is 1.50 bits per heavy atom. The van der Waals surface area contributed by atoms with E-state index in [-0.39, 0.29) is 11.8 Å². The number of carbonyl (C=O) groups is 2. The molecule has 0 N–H and O–H groups in total. The molecule has 0 amide bonds. The van der Waals surface area contributed by atoms with Gasteiger partial charge in [-0.3, -0.25) is 9.59 Å². The lowest BCUT2D eigenvalue weighted by Gasteiger charge is -2.34. The third-order valence-electron chi connectivity index (χ3n) is 3.46.